The van der Waals surface area contributed by atoms with Crippen LogP contribution in [-0.2, 0) is 4.79 Å². The van der Waals surface area contributed by atoms with E-state index in [1.807, 2.05) is 40.7 Å². The first kappa shape index (κ1) is 22.2. The van der Waals surface area contributed by atoms with Crippen molar-refractivity contribution in [3.05, 3.63) is 58.9 Å². The molecule has 8 heteroatoms. The van der Waals surface area contributed by atoms with Gasteiger partial charge in [-0.1, -0.05) is 36.5 Å². The number of aromatic nitrogens is 1. The summed E-state index contributed by atoms with van der Waals surface area (Å²) in [6, 6.07) is 14.3. The molecule has 0 spiro atoms. The molecule has 1 aliphatic rings. The van der Waals surface area contributed by atoms with E-state index in [-0.39, 0.29) is 11.8 Å². The number of ether oxygens (including phenoxy) is 1. The number of thiazole rings is 1. The van der Waals surface area contributed by atoms with Crippen molar-refractivity contribution in [1.82, 2.24) is 14.4 Å². The van der Waals surface area contributed by atoms with Crippen molar-refractivity contribution in [2.24, 2.45) is 4.99 Å². The maximum atomic E-state index is 13.4. The molecular formula is C24H28N4O3S. The van der Waals surface area contributed by atoms with E-state index in [4.69, 9.17) is 4.74 Å². The highest BCUT2D eigenvalue weighted by molar-refractivity contribution is 7.16. The number of nitrogens with zero attached hydrogens (tertiary/aromatic N) is 4. The Bertz CT molecular complexity index is 1190. The SMILES string of the molecule is CCN1CCN(C(=O)C(C)n2c(=NC(=O)c3cccc(OC)c3)sc3ccccc32)CC1. The molecule has 7 nitrogen and oxygen atoms in total. The van der Waals surface area contributed by atoms with Gasteiger partial charge in [0.25, 0.3) is 5.91 Å². The minimum absolute atomic E-state index is 0.0552. The number of carbonyl (C=O) groups is 2. The minimum atomic E-state index is -0.462. The Balaban J connectivity index is 1.71. The van der Waals surface area contributed by atoms with Crippen molar-refractivity contribution in [3.8, 4) is 5.75 Å². The molecule has 3 aromatic rings. The highest BCUT2D eigenvalue weighted by atomic mass is 32.1. The van der Waals surface area contributed by atoms with Gasteiger partial charge in [0.15, 0.2) is 4.80 Å². The topological polar surface area (TPSA) is 67.1 Å². The van der Waals surface area contributed by atoms with Crippen molar-refractivity contribution >= 4 is 33.4 Å². The number of amides is 2. The first-order valence-electron chi connectivity index (χ1n) is 10.9. The van der Waals surface area contributed by atoms with Gasteiger partial charge in [-0.2, -0.15) is 4.99 Å². The van der Waals surface area contributed by atoms with Gasteiger partial charge in [-0.25, -0.2) is 0 Å². The first-order chi connectivity index (χ1) is 15.5. The molecule has 0 bridgehead atoms. The molecule has 1 fully saturated rings. The summed E-state index contributed by atoms with van der Waals surface area (Å²) in [5, 5.41) is 0. The second-order valence-electron chi connectivity index (χ2n) is 7.81. The zero-order valence-corrected chi connectivity index (χ0v) is 19.5. The van der Waals surface area contributed by atoms with E-state index in [0.29, 0.717) is 16.1 Å². The fourth-order valence-electron chi connectivity index (χ4n) is 4.01. The molecule has 1 atom stereocenters. The van der Waals surface area contributed by atoms with Gasteiger partial charge in [-0.3, -0.25) is 9.59 Å². The highest BCUT2D eigenvalue weighted by Crippen LogP contribution is 2.22. The van der Waals surface area contributed by atoms with Crippen LogP contribution in [0.2, 0.25) is 0 Å². The summed E-state index contributed by atoms with van der Waals surface area (Å²) in [6.07, 6.45) is 0. The molecule has 1 saturated heterocycles. The van der Waals surface area contributed by atoms with Gasteiger partial charge >= 0.3 is 0 Å². The van der Waals surface area contributed by atoms with Crippen LogP contribution in [0.15, 0.2) is 53.5 Å². The third-order valence-corrected chi connectivity index (χ3v) is 6.96. The Kier molecular flexibility index (Phi) is 6.72. The Morgan fingerprint density at radius 1 is 1.09 bits per heavy atom. The second-order valence-corrected chi connectivity index (χ2v) is 8.82. The molecule has 1 unspecified atom stereocenters. The van der Waals surface area contributed by atoms with Gasteiger partial charge in [-0.05, 0) is 43.8 Å². The standard InChI is InChI=1S/C24H28N4O3S/c1-4-26-12-14-27(15-13-26)23(30)17(2)28-20-10-5-6-11-21(20)32-24(28)25-22(29)18-8-7-9-19(16-18)31-3/h5-11,16-17H,4,12-15H2,1-3H3. The van der Waals surface area contributed by atoms with Gasteiger partial charge in [0, 0.05) is 31.7 Å². The van der Waals surface area contributed by atoms with Crippen LogP contribution in [0.5, 0.6) is 5.75 Å². The first-order valence-corrected chi connectivity index (χ1v) is 11.7. The molecule has 32 heavy (non-hydrogen) atoms. The molecule has 2 aromatic carbocycles. The number of rotatable bonds is 5. The van der Waals surface area contributed by atoms with Crippen LogP contribution >= 0.6 is 11.3 Å². The molecule has 0 saturated carbocycles. The number of hydrogen-bond donors (Lipinski definition) is 0. The lowest BCUT2D eigenvalue weighted by molar-refractivity contribution is -0.136. The number of hydrogen-bond acceptors (Lipinski definition) is 5. The fraction of sp³-hybridized carbons (Fsp3) is 0.375. The lowest BCUT2D eigenvalue weighted by Gasteiger charge is -2.35. The number of methoxy groups -OCH3 is 1. The summed E-state index contributed by atoms with van der Waals surface area (Å²) in [4.78, 5) is 35.5. The van der Waals surface area contributed by atoms with E-state index in [2.05, 4.69) is 16.8 Å². The summed E-state index contributed by atoms with van der Waals surface area (Å²) in [7, 11) is 1.56. The van der Waals surface area contributed by atoms with E-state index < -0.39 is 6.04 Å². The van der Waals surface area contributed by atoms with Crippen molar-refractivity contribution < 1.29 is 14.3 Å². The van der Waals surface area contributed by atoms with E-state index in [0.717, 1.165) is 42.9 Å². The Morgan fingerprint density at radius 3 is 2.56 bits per heavy atom. The number of carbonyl (C=O) groups excluding carboxylic acids is 2. The van der Waals surface area contributed by atoms with Crippen LogP contribution in [0.3, 0.4) is 0 Å². The maximum Gasteiger partial charge on any atom is 0.279 e. The fourth-order valence-corrected chi connectivity index (χ4v) is 5.11. The summed E-state index contributed by atoms with van der Waals surface area (Å²) in [5.74, 6) is 0.296. The lowest BCUT2D eigenvalue weighted by atomic mass is 10.2. The predicted molar refractivity (Wildman–Crippen MR) is 126 cm³/mol. The van der Waals surface area contributed by atoms with Crippen LogP contribution in [0.25, 0.3) is 10.2 Å². The molecular weight excluding hydrogens is 424 g/mol. The van der Waals surface area contributed by atoms with Gasteiger partial charge in [-0.15, -0.1) is 0 Å². The largest absolute Gasteiger partial charge is 0.497 e. The Morgan fingerprint density at radius 2 is 1.84 bits per heavy atom. The van der Waals surface area contributed by atoms with Gasteiger partial charge in [0.05, 0.1) is 17.3 Å². The van der Waals surface area contributed by atoms with E-state index in [9.17, 15) is 9.59 Å². The number of fused-ring (bicyclic) bond motifs is 1. The molecule has 2 heterocycles. The molecule has 1 aliphatic heterocycles. The summed E-state index contributed by atoms with van der Waals surface area (Å²) in [6.45, 7) is 8.23. The van der Waals surface area contributed by atoms with Crippen molar-refractivity contribution in [2.75, 3.05) is 39.8 Å². The zero-order valence-electron chi connectivity index (χ0n) is 18.7. The predicted octanol–water partition coefficient (Wildman–Crippen LogP) is 3.18. The third kappa shape index (κ3) is 4.47. The maximum absolute atomic E-state index is 13.4. The molecule has 0 N–H and O–H groups in total. The molecule has 0 aliphatic carbocycles. The van der Waals surface area contributed by atoms with Gasteiger partial charge in [0.2, 0.25) is 5.91 Å². The average Bonchev–Trinajstić information content (AvgIpc) is 3.20. The monoisotopic (exact) mass is 452 g/mol. The summed E-state index contributed by atoms with van der Waals surface area (Å²) in [5.41, 5.74) is 1.35. The van der Waals surface area contributed by atoms with E-state index >= 15 is 0 Å². The normalized spacial score (nSPS) is 16.3. The Hall–Kier alpha value is -2.97. The summed E-state index contributed by atoms with van der Waals surface area (Å²) < 4.78 is 8.11. The van der Waals surface area contributed by atoms with Crippen LogP contribution < -0.4 is 9.54 Å². The minimum Gasteiger partial charge on any atom is -0.497 e. The molecule has 168 valence electrons. The summed E-state index contributed by atoms with van der Waals surface area (Å²) >= 11 is 1.42. The smallest absolute Gasteiger partial charge is 0.279 e. The van der Waals surface area contributed by atoms with Crippen molar-refractivity contribution in [1.29, 1.82) is 0 Å². The number of para-hydroxylation sites is 1. The molecule has 4 rings (SSSR count). The highest BCUT2D eigenvalue weighted by Gasteiger charge is 2.27. The van der Waals surface area contributed by atoms with Crippen molar-refractivity contribution in [2.45, 2.75) is 19.9 Å². The van der Waals surface area contributed by atoms with Crippen molar-refractivity contribution in [3.63, 3.8) is 0 Å². The average molecular weight is 453 g/mol. The number of benzene rings is 2. The van der Waals surface area contributed by atoms with Crippen LogP contribution in [-0.4, -0.2) is 66.0 Å². The Labute approximate surface area is 191 Å². The molecule has 1 aromatic heterocycles. The molecule has 0 radical (unpaired) electrons. The number of likely N-dealkylation sites (N-methyl/N-ethyl adjacent to an activating group) is 1. The van der Waals surface area contributed by atoms with Gasteiger partial charge in [0.1, 0.15) is 11.8 Å². The quantitative estimate of drug-likeness (QED) is 0.596. The van der Waals surface area contributed by atoms with Crippen LogP contribution in [0.4, 0.5) is 0 Å². The molecule has 2 amide bonds. The third-order valence-electron chi connectivity index (χ3n) is 5.92. The lowest BCUT2D eigenvalue weighted by Crippen LogP contribution is -2.50. The van der Waals surface area contributed by atoms with E-state index in [1.54, 1.807) is 31.4 Å². The zero-order chi connectivity index (χ0) is 22.7. The van der Waals surface area contributed by atoms with E-state index in [1.165, 1.54) is 11.3 Å². The number of piperazine rings is 1. The van der Waals surface area contributed by atoms with Crippen LogP contribution in [0.1, 0.15) is 30.2 Å². The van der Waals surface area contributed by atoms with Gasteiger partial charge < -0.3 is 19.1 Å². The van der Waals surface area contributed by atoms with Crippen LogP contribution in [0, 0.1) is 0 Å². The second kappa shape index (κ2) is 9.67.